The Bertz CT molecular complexity index is 919. The molecule has 0 aromatic heterocycles. The van der Waals surface area contributed by atoms with E-state index in [2.05, 4.69) is 32.6 Å². The molecular weight excluding hydrogens is 422 g/mol. The molecular formula is C30H47NO3. The van der Waals surface area contributed by atoms with Crippen molar-refractivity contribution < 1.29 is 14.6 Å². The maximum atomic E-state index is 13.1. The van der Waals surface area contributed by atoms with Gasteiger partial charge in [0.25, 0.3) is 0 Å². The Morgan fingerprint density at radius 2 is 1.85 bits per heavy atom. The van der Waals surface area contributed by atoms with Crippen LogP contribution in [0.1, 0.15) is 105 Å². The number of aliphatic hydroxyl groups is 1. The van der Waals surface area contributed by atoms with Crippen LogP contribution in [0.5, 0.6) is 0 Å². The molecule has 4 saturated heterocycles. The SMILES string of the molecule is CC(C)C1CCC2(C)C3CC[C@]45CCCC4C2(CCC2C4(C)CCC(O)C2(C)C(=O)O4)C1N5C3. The summed E-state index contributed by atoms with van der Waals surface area (Å²) in [6.45, 7) is 13.2. The van der Waals surface area contributed by atoms with Gasteiger partial charge in [-0.3, -0.25) is 9.69 Å². The third-order valence-corrected chi connectivity index (χ3v) is 14.1. The average Bonchev–Trinajstić information content (AvgIpc) is 3.31. The van der Waals surface area contributed by atoms with Crippen LogP contribution in [-0.4, -0.2) is 45.8 Å². The molecule has 3 aliphatic carbocycles. The highest BCUT2D eigenvalue weighted by atomic mass is 16.6. The molecule has 1 spiro atoms. The van der Waals surface area contributed by atoms with Crippen molar-refractivity contribution in [1.82, 2.24) is 4.90 Å². The quantitative estimate of drug-likeness (QED) is 0.547. The lowest BCUT2D eigenvalue weighted by Crippen LogP contribution is -2.68. The summed E-state index contributed by atoms with van der Waals surface area (Å²) >= 11 is 0. The maximum absolute atomic E-state index is 13.1. The Balaban J connectivity index is 1.34. The second-order valence-electron chi connectivity index (χ2n) is 14.9. The molecule has 0 radical (unpaired) electrons. The number of piperidine rings is 2. The van der Waals surface area contributed by atoms with Crippen molar-refractivity contribution in [1.29, 1.82) is 0 Å². The van der Waals surface area contributed by atoms with Gasteiger partial charge < -0.3 is 9.84 Å². The van der Waals surface area contributed by atoms with Crippen LogP contribution < -0.4 is 0 Å². The molecule has 11 unspecified atom stereocenters. The summed E-state index contributed by atoms with van der Waals surface area (Å²) in [7, 11) is 0. The highest BCUT2D eigenvalue weighted by molar-refractivity contribution is 5.81. The number of hydrogen-bond acceptors (Lipinski definition) is 4. The smallest absolute Gasteiger partial charge is 0.315 e. The van der Waals surface area contributed by atoms with E-state index >= 15 is 0 Å². The molecule has 4 heterocycles. The molecule has 0 aromatic carbocycles. The summed E-state index contributed by atoms with van der Waals surface area (Å²) < 4.78 is 6.08. The molecule has 34 heavy (non-hydrogen) atoms. The first-order valence-corrected chi connectivity index (χ1v) is 14.7. The predicted molar refractivity (Wildman–Crippen MR) is 132 cm³/mol. The van der Waals surface area contributed by atoms with E-state index in [1.807, 2.05) is 6.92 Å². The molecule has 0 amide bonds. The van der Waals surface area contributed by atoms with Crippen molar-refractivity contribution in [3.05, 3.63) is 0 Å². The summed E-state index contributed by atoms with van der Waals surface area (Å²) in [5.74, 6) is 3.20. The highest BCUT2D eigenvalue weighted by Gasteiger charge is 2.80. The number of aliphatic hydroxyl groups excluding tert-OH is 1. The Kier molecular flexibility index (Phi) is 4.40. The van der Waals surface area contributed by atoms with E-state index in [9.17, 15) is 9.90 Å². The molecule has 190 valence electrons. The number of esters is 1. The third-order valence-electron chi connectivity index (χ3n) is 14.1. The summed E-state index contributed by atoms with van der Waals surface area (Å²) in [5, 5.41) is 11.0. The predicted octanol–water partition coefficient (Wildman–Crippen LogP) is 5.56. The minimum atomic E-state index is -0.726. The molecule has 1 N–H and O–H groups in total. The molecule has 12 atom stereocenters. The van der Waals surface area contributed by atoms with Gasteiger partial charge in [0.15, 0.2) is 0 Å². The van der Waals surface area contributed by atoms with Crippen LogP contribution >= 0.6 is 0 Å². The van der Waals surface area contributed by atoms with Gasteiger partial charge in [0, 0.05) is 24.0 Å². The first-order valence-electron chi connectivity index (χ1n) is 14.7. The van der Waals surface area contributed by atoms with Crippen molar-refractivity contribution in [3.8, 4) is 0 Å². The number of carbonyl (C=O) groups is 1. The van der Waals surface area contributed by atoms with Crippen LogP contribution in [0.25, 0.3) is 0 Å². The number of fused-ring (bicyclic) bond motifs is 4. The highest BCUT2D eigenvalue weighted by Crippen LogP contribution is 2.79. The van der Waals surface area contributed by atoms with Crippen LogP contribution in [0.15, 0.2) is 0 Å². The zero-order valence-corrected chi connectivity index (χ0v) is 22.2. The van der Waals surface area contributed by atoms with Gasteiger partial charge in [0.2, 0.25) is 0 Å². The van der Waals surface area contributed by atoms with Gasteiger partial charge in [0.05, 0.1) is 11.5 Å². The van der Waals surface area contributed by atoms with E-state index < -0.39 is 17.1 Å². The summed E-state index contributed by atoms with van der Waals surface area (Å²) in [4.78, 5) is 16.2. The van der Waals surface area contributed by atoms with E-state index in [4.69, 9.17) is 4.74 Å². The lowest BCUT2D eigenvalue weighted by Gasteiger charge is -2.67. The maximum Gasteiger partial charge on any atom is 0.315 e. The largest absolute Gasteiger partial charge is 0.459 e. The van der Waals surface area contributed by atoms with Crippen LogP contribution in [0.3, 0.4) is 0 Å². The minimum Gasteiger partial charge on any atom is -0.459 e. The molecule has 0 aromatic rings. The fourth-order valence-electron chi connectivity index (χ4n) is 12.5. The van der Waals surface area contributed by atoms with Gasteiger partial charge in [-0.2, -0.15) is 0 Å². The third kappa shape index (κ3) is 2.22. The zero-order valence-electron chi connectivity index (χ0n) is 22.2. The molecule has 4 aliphatic heterocycles. The first-order chi connectivity index (χ1) is 16.0. The fraction of sp³-hybridized carbons (Fsp3) is 0.967. The van der Waals surface area contributed by atoms with E-state index in [0.717, 1.165) is 42.6 Å². The Morgan fingerprint density at radius 3 is 2.62 bits per heavy atom. The van der Waals surface area contributed by atoms with Crippen molar-refractivity contribution >= 4 is 5.97 Å². The molecule has 4 nitrogen and oxygen atoms in total. The van der Waals surface area contributed by atoms with E-state index in [1.54, 1.807) is 0 Å². The second-order valence-corrected chi connectivity index (χ2v) is 14.9. The molecule has 7 fully saturated rings. The van der Waals surface area contributed by atoms with E-state index in [1.165, 1.54) is 57.9 Å². The molecule has 4 heteroatoms. The number of ether oxygens (including phenoxy) is 1. The van der Waals surface area contributed by atoms with Gasteiger partial charge in [-0.1, -0.05) is 27.2 Å². The normalized spacial score (nSPS) is 61.1. The number of nitrogens with zero attached hydrogens (tertiary/aromatic N) is 1. The molecule has 7 bridgehead atoms. The molecule has 7 rings (SSSR count). The van der Waals surface area contributed by atoms with E-state index in [-0.39, 0.29) is 11.9 Å². The van der Waals surface area contributed by atoms with Crippen LogP contribution in [0.2, 0.25) is 0 Å². The Morgan fingerprint density at radius 1 is 1.06 bits per heavy atom. The second kappa shape index (κ2) is 6.63. The molecule has 7 aliphatic rings. The molecule has 3 saturated carbocycles. The lowest BCUT2D eigenvalue weighted by atomic mass is 9.41. The standard InChI is InChI=1S/C30H47NO3/c1-18(2)20-9-13-26(3)19-8-15-29-12-6-7-22(29)30(26,24(20)31(29)17-19)16-10-21-27(4)14-11-23(32)28(21,5)25(33)34-27/h18-24,32H,6-17H2,1-5H3/t19?,20?,21?,22?,23?,24?,26?,27?,28?,29-,30?/m1/s1. The monoisotopic (exact) mass is 469 g/mol. The van der Waals surface area contributed by atoms with Crippen molar-refractivity contribution in [2.45, 2.75) is 129 Å². The minimum absolute atomic E-state index is 0.136. The summed E-state index contributed by atoms with van der Waals surface area (Å²) in [6, 6.07) is 0.719. The topological polar surface area (TPSA) is 49.8 Å². The Labute approximate surface area is 206 Å². The number of carbonyl (C=O) groups excluding carboxylic acids is 1. The average molecular weight is 470 g/mol. The van der Waals surface area contributed by atoms with Crippen LogP contribution in [-0.2, 0) is 9.53 Å². The van der Waals surface area contributed by atoms with Crippen LogP contribution in [0.4, 0.5) is 0 Å². The van der Waals surface area contributed by atoms with Gasteiger partial charge in [-0.05, 0) is 113 Å². The van der Waals surface area contributed by atoms with Gasteiger partial charge >= 0.3 is 5.97 Å². The van der Waals surface area contributed by atoms with Crippen molar-refractivity contribution in [2.24, 2.45) is 45.8 Å². The summed E-state index contributed by atoms with van der Waals surface area (Å²) in [6.07, 6.45) is 13.1. The van der Waals surface area contributed by atoms with Gasteiger partial charge in [-0.15, -0.1) is 0 Å². The van der Waals surface area contributed by atoms with Crippen molar-refractivity contribution in [3.63, 3.8) is 0 Å². The Hall–Kier alpha value is -0.610. The van der Waals surface area contributed by atoms with E-state index in [0.29, 0.717) is 22.8 Å². The van der Waals surface area contributed by atoms with Crippen molar-refractivity contribution in [2.75, 3.05) is 6.54 Å². The first kappa shape index (κ1) is 22.6. The van der Waals surface area contributed by atoms with Gasteiger partial charge in [0.1, 0.15) is 5.60 Å². The zero-order chi connectivity index (χ0) is 23.9. The number of hydrogen-bond donors (Lipinski definition) is 1. The van der Waals surface area contributed by atoms with Crippen LogP contribution in [0, 0.1) is 45.8 Å². The fourth-order valence-corrected chi connectivity index (χ4v) is 12.5. The lowest BCUT2D eigenvalue weighted by molar-refractivity contribution is -0.186. The summed E-state index contributed by atoms with van der Waals surface area (Å²) in [5.41, 5.74) is 0.131. The number of rotatable bonds is 4. The van der Waals surface area contributed by atoms with Gasteiger partial charge in [-0.25, -0.2) is 0 Å².